The van der Waals surface area contributed by atoms with Crippen molar-refractivity contribution in [1.29, 1.82) is 0 Å². The summed E-state index contributed by atoms with van der Waals surface area (Å²) in [6.07, 6.45) is 2.85. The molecule has 0 spiro atoms. The van der Waals surface area contributed by atoms with Crippen molar-refractivity contribution in [2.75, 3.05) is 45.6 Å². The second-order valence-electron chi connectivity index (χ2n) is 4.86. The molecule has 0 unspecified atom stereocenters. The second kappa shape index (κ2) is 8.09. The molecule has 1 aliphatic rings. The van der Waals surface area contributed by atoms with Gasteiger partial charge in [-0.1, -0.05) is 6.92 Å². The van der Waals surface area contributed by atoms with E-state index >= 15 is 0 Å². The Bertz CT molecular complexity index is 311. The molecule has 5 nitrogen and oxygen atoms in total. The van der Waals surface area contributed by atoms with E-state index in [0.29, 0.717) is 25.6 Å². The topological polar surface area (TPSA) is 58.6 Å². The molecule has 18 heavy (non-hydrogen) atoms. The van der Waals surface area contributed by atoms with Crippen LogP contribution in [0, 0.1) is 5.92 Å². The van der Waals surface area contributed by atoms with Crippen molar-refractivity contribution < 1.29 is 13.2 Å². The lowest BCUT2D eigenvalue weighted by molar-refractivity contribution is 0.121. The Morgan fingerprint density at radius 2 is 1.94 bits per heavy atom. The van der Waals surface area contributed by atoms with E-state index in [2.05, 4.69) is 12.2 Å². The van der Waals surface area contributed by atoms with Crippen LogP contribution in [-0.4, -0.2) is 58.4 Å². The second-order valence-corrected chi connectivity index (χ2v) is 6.95. The number of sulfonamides is 1. The molecule has 0 aliphatic carbocycles. The minimum atomic E-state index is -3.07. The fourth-order valence-corrected chi connectivity index (χ4v) is 3.65. The first kappa shape index (κ1) is 15.9. The van der Waals surface area contributed by atoms with Crippen LogP contribution in [0.1, 0.15) is 26.2 Å². The van der Waals surface area contributed by atoms with Crippen LogP contribution >= 0.6 is 0 Å². The summed E-state index contributed by atoms with van der Waals surface area (Å²) in [7, 11) is -1.38. The Labute approximate surface area is 111 Å². The molecule has 0 aromatic heterocycles. The van der Waals surface area contributed by atoms with Crippen molar-refractivity contribution in [3.63, 3.8) is 0 Å². The summed E-state index contributed by atoms with van der Waals surface area (Å²) in [5, 5.41) is 3.13. The van der Waals surface area contributed by atoms with Gasteiger partial charge in [0.1, 0.15) is 0 Å². The third-order valence-electron chi connectivity index (χ3n) is 3.33. The van der Waals surface area contributed by atoms with Crippen molar-refractivity contribution in [2.45, 2.75) is 26.2 Å². The lowest BCUT2D eigenvalue weighted by Gasteiger charge is -2.30. The average molecular weight is 278 g/mol. The summed E-state index contributed by atoms with van der Waals surface area (Å²) in [6.45, 7) is 5.53. The summed E-state index contributed by atoms with van der Waals surface area (Å²) >= 11 is 0. The predicted octanol–water partition coefficient (Wildman–Crippen LogP) is 0.674. The van der Waals surface area contributed by atoms with E-state index in [1.54, 1.807) is 11.4 Å². The van der Waals surface area contributed by atoms with Crippen LogP contribution in [0.5, 0.6) is 0 Å². The molecular formula is C12H26N2O3S. The molecule has 1 heterocycles. The molecule has 0 aromatic rings. The SMILES string of the molecule is CCCNCCS(=O)(=O)N1CCC(COC)CC1. The maximum absolute atomic E-state index is 12.1. The van der Waals surface area contributed by atoms with E-state index in [4.69, 9.17) is 4.74 Å². The number of nitrogens with zero attached hydrogens (tertiary/aromatic N) is 1. The molecule has 1 aliphatic heterocycles. The monoisotopic (exact) mass is 278 g/mol. The number of rotatable bonds is 8. The fraction of sp³-hybridized carbons (Fsp3) is 1.00. The Morgan fingerprint density at radius 3 is 2.50 bits per heavy atom. The van der Waals surface area contributed by atoms with Gasteiger partial charge in [0.15, 0.2) is 0 Å². The van der Waals surface area contributed by atoms with Crippen LogP contribution < -0.4 is 5.32 Å². The molecule has 1 fully saturated rings. The van der Waals surface area contributed by atoms with Gasteiger partial charge >= 0.3 is 0 Å². The zero-order valence-electron chi connectivity index (χ0n) is 11.5. The summed E-state index contributed by atoms with van der Waals surface area (Å²) in [6, 6.07) is 0. The number of methoxy groups -OCH3 is 1. The van der Waals surface area contributed by atoms with Crippen molar-refractivity contribution in [2.24, 2.45) is 5.92 Å². The van der Waals surface area contributed by atoms with Crippen LogP contribution in [0.3, 0.4) is 0 Å². The molecule has 0 amide bonds. The first-order valence-corrected chi connectivity index (χ1v) is 8.38. The van der Waals surface area contributed by atoms with E-state index in [-0.39, 0.29) is 5.75 Å². The number of ether oxygens (including phenoxy) is 1. The maximum atomic E-state index is 12.1. The third-order valence-corrected chi connectivity index (χ3v) is 5.20. The van der Waals surface area contributed by atoms with Gasteiger partial charge < -0.3 is 10.1 Å². The van der Waals surface area contributed by atoms with Gasteiger partial charge in [-0.25, -0.2) is 12.7 Å². The molecule has 0 atom stereocenters. The van der Waals surface area contributed by atoms with Gasteiger partial charge in [-0.2, -0.15) is 0 Å². The van der Waals surface area contributed by atoms with Crippen molar-refractivity contribution in [3.8, 4) is 0 Å². The highest BCUT2D eigenvalue weighted by molar-refractivity contribution is 7.89. The number of piperidine rings is 1. The first-order valence-electron chi connectivity index (χ1n) is 6.77. The van der Waals surface area contributed by atoms with E-state index in [0.717, 1.165) is 32.4 Å². The summed E-state index contributed by atoms with van der Waals surface area (Å²) < 4.78 is 30.9. The van der Waals surface area contributed by atoms with Crippen molar-refractivity contribution in [3.05, 3.63) is 0 Å². The first-order chi connectivity index (χ1) is 8.60. The predicted molar refractivity (Wildman–Crippen MR) is 73.1 cm³/mol. The van der Waals surface area contributed by atoms with Gasteiger partial charge in [0.2, 0.25) is 10.0 Å². The van der Waals surface area contributed by atoms with Crippen molar-refractivity contribution in [1.82, 2.24) is 9.62 Å². The molecule has 0 bridgehead atoms. The third kappa shape index (κ3) is 5.22. The van der Waals surface area contributed by atoms with Crippen LogP contribution in [0.4, 0.5) is 0 Å². The Morgan fingerprint density at radius 1 is 1.28 bits per heavy atom. The zero-order valence-corrected chi connectivity index (χ0v) is 12.3. The standard InChI is InChI=1S/C12H26N2O3S/c1-3-6-13-7-10-18(15,16)14-8-4-12(5-9-14)11-17-2/h12-13H,3-11H2,1-2H3. The Balaban J connectivity index is 2.31. The zero-order chi connectivity index (χ0) is 13.4. The molecule has 0 radical (unpaired) electrons. The highest BCUT2D eigenvalue weighted by Crippen LogP contribution is 2.19. The average Bonchev–Trinajstić information content (AvgIpc) is 2.36. The normalized spacial score (nSPS) is 19.2. The van der Waals surface area contributed by atoms with Gasteiger partial charge in [0.05, 0.1) is 5.75 Å². The Hall–Kier alpha value is -0.170. The van der Waals surface area contributed by atoms with Gasteiger partial charge in [-0.3, -0.25) is 0 Å². The summed E-state index contributed by atoms with van der Waals surface area (Å²) in [4.78, 5) is 0. The van der Waals surface area contributed by atoms with Gasteiger partial charge in [-0.05, 0) is 31.7 Å². The highest BCUT2D eigenvalue weighted by Gasteiger charge is 2.27. The molecule has 0 saturated carbocycles. The molecule has 6 heteroatoms. The fourth-order valence-electron chi connectivity index (χ4n) is 2.22. The Kier molecular flexibility index (Phi) is 7.14. The molecule has 108 valence electrons. The largest absolute Gasteiger partial charge is 0.384 e. The van der Waals surface area contributed by atoms with Gasteiger partial charge in [0, 0.05) is 33.4 Å². The quantitative estimate of drug-likeness (QED) is 0.663. The van der Waals surface area contributed by atoms with Gasteiger partial charge in [-0.15, -0.1) is 0 Å². The molecule has 1 rings (SSSR count). The number of hydrogen-bond donors (Lipinski definition) is 1. The number of nitrogens with one attached hydrogen (secondary N) is 1. The van der Waals surface area contributed by atoms with Crippen LogP contribution in [0.15, 0.2) is 0 Å². The van der Waals surface area contributed by atoms with Crippen LogP contribution in [0.2, 0.25) is 0 Å². The molecule has 1 N–H and O–H groups in total. The minimum absolute atomic E-state index is 0.210. The highest BCUT2D eigenvalue weighted by atomic mass is 32.2. The minimum Gasteiger partial charge on any atom is -0.384 e. The molecule has 1 saturated heterocycles. The lowest BCUT2D eigenvalue weighted by atomic mass is 9.99. The van der Waals surface area contributed by atoms with Crippen molar-refractivity contribution >= 4 is 10.0 Å². The van der Waals surface area contributed by atoms with E-state index in [1.807, 2.05) is 0 Å². The summed E-state index contributed by atoms with van der Waals surface area (Å²) in [5.41, 5.74) is 0. The summed E-state index contributed by atoms with van der Waals surface area (Å²) in [5.74, 6) is 0.724. The van der Waals surface area contributed by atoms with E-state index in [1.165, 1.54) is 0 Å². The van der Waals surface area contributed by atoms with Crippen LogP contribution in [-0.2, 0) is 14.8 Å². The lowest BCUT2D eigenvalue weighted by Crippen LogP contribution is -2.42. The van der Waals surface area contributed by atoms with Gasteiger partial charge in [0.25, 0.3) is 0 Å². The van der Waals surface area contributed by atoms with E-state index < -0.39 is 10.0 Å². The van der Waals surface area contributed by atoms with E-state index in [9.17, 15) is 8.42 Å². The molecular weight excluding hydrogens is 252 g/mol. The number of hydrogen-bond acceptors (Lipinski definition) is 4. The molecule has 0 aromatic carbocycles. The van der Waals surface area contributed by atoms with Crippen LogP contribution in [0.25, 0.3) is 0 Å². The maximum Gasteiger partial charge on any atom is 0.215 e. The smallest absolute Gasteiger partial charge is 0.215 e.